The molecule has 1 aromatic carbocycles. The summed E-state index contributed by atoms with van der Waals surface area (Å²) in [6.07, 6.45) is 1.74. The van der Waals surface area contributed by atoms with Gasteiger partial charge in [-0.05, 0) is 30.3 Å². The van der Waals surface area contributed by atoms with Crippen LogP contribution in [0.4, 0.5) is 4.79 Å². The fourth-order valence-electron chi connectivity index (χ4n) is 1.64. The molecule has 1 heterocycles. The lowest BCUT2D eigenvalue weighted by atomic mass is 10.1. The van der Waals surface area contributed by atoms with E-state index in [1.165, 1.54) is 4.90 Å². The Morgan fingerprint density at radius 3 is 2.40 bits per heavy atom. The number of nitrogens with zero attached hydrogens (tertiary/aromatic N) is 1. The molecule has 6 heteroatoms. The minimum atomic E-state index is -0.254. The maximum atomic E-state index is 11.9. The second-order valence-corrected chi connectivity index (χ2v) is 5.03. The van der Waals surface area contributed by atoms with Gasteiger partial charge >= 0.3 is 0 Å². The number of hydrogen-bond donors (Lipinski definition) is 1. The van der Waals surface area contributed by atoms with Crippen LogP contribution in [0.25, 0.3) is 6.08 Å². The monoisotopic (exact) mass is 314 g/mol. The number of amides is 2. The van der Waals surface area contributed by atoms with Crippen LogP contribution >= 0.6 is 24.2 Å². The van der Waals surface area contributed by atoms with Crippen molar-refractivity contribution in [2.24, 2.45) is 5.73 Å². The Balaban J connectivity index is 0.00000180. The van der Waals surface area contributed by atoms with E-state index in [0.717, 1.165) is 22.9 Å². The molecule has 20 heavy (non-hydrogen) atoms. The van der Waals surface area contributed by atoms with Gasteiger partial charge in [0.2, 0.25) is 0 Å². The molecule has 0 radical (unpaired) electrons. The van der Waals surface area contributed by atoms with E-state index in [1.807, 2.05) is 31.2 Å². The van der Waals surface area contributed by atoms with E-state index < -0.39 is 0 Å². The van der Waals surface area contributed by atoms with Crippen molar-refractivity contribution in [3.63, 3.8) is 0 Å². The second kappa shape index (κ2) is 8.09. The lowest BCUT2D eigenvalue weighted by molar-refractivity contribution is -0.122. The van der Waals surface area contributed by atoms with Gasteiger partial charge in [0.05, 0.1) is 4.91 Å². The number of thioether (sulfide) groups is 1. The number of benzene rings is 1. The highest BCUT2D eigenvalue weighted by molar-refractivity contribution is 8.18. The maximum Gasteiger partial charge on any atom is 0.293 e. The Bertz CT molecular complexity index is 514. The third-order valence-corrected chi connectivity index (χ3v) is 3.51. The molecule has 2 rings (SSSR count). The molecule has 110 valence electrons. The van der Waals surface area contributed by atoms with Gasteiger partial charge in [0, 0.05) is 13.1 Å². The molecule has 2 amide bonds. The lowest BCUT2D eigenvalue weighted by Gasteiger charge is -2.09. The number of imide groups is 1. The molecule has 0 spiro atoms. The number of rotatable bonds is 3. The van der Waals surface area contributed by atoms with E-state index in [2.05, 4.69) is 0 Å². The first-order valence-corrected chi connectivity index (χ1v) is 6.45. The Kier molecular flexibility index (Phi) is 7.57. The van der Waals surface area contributed by atoms with Crippen molar-refractivity contribution >= 4 is 41.4 Å². The maximum absolute atomic E-state index is 11.9. The average molecular weight is 315 g/mol. The summed E-state index contributed by atoms with van der Waals surface area (Å²) in [4.78, 5) is 25.2. The molecular weight excluding hydrogens is 296 g/mol. The van der Waals surface area contributed by atoms with Crippen molar-refractivity contribution in [3.05, 3.63) is 40.3 Å². The van der Waals surface area contributed by atoms with Gasteiger partial charge < -0.3 is 5.73 Å². The first-order valence-electron chi connectivity index (χ1n) is 5.64. The molecule has 1 aromatic rings. The summed E-state index contributed by atoms with van der Waals surface area (Å²) in [5.41, 5.74) is 7.44. The Morgan fingerprint density at radius 1 is 1.25 bits per heavy atom. The molecule has 2 N–H and O–H groups in total. The number of hydrogen-bond acceptors (Lipinski definition) is 4. The predicted molar refractivity (Wildman–Crippen MR) is 86.9 cm³/mol. The minimum absolute atomic E-state index is 0. The van der Waals surface area contributed by atoms with Crippen LogP contribution in [0, 0.1) is 6.92 Å². The molecule has 1 aliphatic rings. The van der Waals surface area contributed by atoms with Gasteiger partial charge in [-0.2, -0.15) is 0 Å². The van der Waals surface area contributed by atoms with Crippen LogP contribution in [0.3, 0.4) is 0 Å². The number of aryl methyl sites for hydroxylation is 1. The van der Waals surface area contributed by atoms with E-state index in [1.54, 1.807) is 6.08 Å². The quantitative estimate of drug-likeness (QED) is 0.871. The van der Waals surface area contributed by atoms with Crippen molar-refractivity contribution in [2.75, 3.05) is 13.1 Å². The summed E-state index contributed by atoms with van der Waals surface area (Å²) < 4.78 is 0. The van der Waals surface area contributed by atoms with Gasteiger partial charge in [0.1, 0.15) is 0 Å². The molecule has 0 bridgehead atoms. The van der Waals surface area contributed by atoms with Crippen molar-refractivity contribution in [3.8, 4) is 0 Å². The Labute approximate surface area is 129 Å². The summed E-state index contributed by atoms with van der Waals surface area (Å²) in [6.45, 7) is 2.56. The fourth-order valence-corrected chi connectivity index (χ4v) is 2.50. The first-order chi connectivity index (χ1) is 8.61. The van der Waals surface area contributed by atoms with Crippen molar-refractivity contribution in [1.29, 1.82) is 0 Å². The summed E-state index contributed by atoms with van der Waals surface area (Å²) in [7, 11) is 0. The molecule has 0 atom stereocenters. The molecule has 0 aromatic heterocycles. The highest BCUT2D eigenvalue weighted by atomic mass is 35.5. The van der Waals surface area contributed by atoms with Crippen LogP contribution in [0.5, 0.6) is 0 Å². The van der Waals surface area contributed by atoms with Crippen LogP contribution in [0.15, 0.2) is 29.2 Å². The molecule has 1 aliphatic heterocycles. The summed E-state index contributed by atoms with van der Waals surface area (Å²) in [5.74, 6) is -0.254. The van der Waals surface area contributed by atoms with E-state index in [-0.39, 0.29) is 44.1 Å². The smallest absolute Gasteiger partial charge is 0.293 e. The van der Waals surface area contributed by atoms with E-state index in [9.17, 15) is 9.59 Å². The van der Waals surface area contributed by atoms with Crippen molar-refractivity contribution < 1.29 is 9.59 Å². The topological polar surface area (TPSA) is 63.4 Å². The van der Waals surface area contributed by atoms with Gasteiger partial charge in [-0.1, -0.05) is 37.3 Å². The lowest BCUT2D eigenvalue weighted by Crippen LogP contribution is -2.33. The highest BCUT2D eigenvalue weighted by Gasteiger charge is 2.34. The Hall–Kier alpha value is -1.30. The molecule has 0 aliphatic carbocycles. The van der Waals surface area contributed by atoms with Gasteiger partial charge in [-0.3, -0.25) is 14.5 Å². The molecule has 0 unspecified atom stereocenters. The third-order valence-electron chi connectivity index (χ3n) is 2.60. The normalized spacial score (nSPS) is 16.1. The van der Waals surface area contributed by atoms with Crippen LogP contribution in [-0.2, 0) is 4.79 Å². The van der Waals surface area contributed by atoms with Crippen LogP contribution in [0.2, 0.25) is 0 Å². The van der Waals surface area contributed by atoms with Gasteiger partial charge in [-0.15, -0.1) is 12.4 Å². The largest absolute Gasteiger partial charge is 0.329 e. The first kappa shape index (κ1) is 18.7. The summed E-state index contributed by atoms with van der Waals surface area (Å²) in [5, 5.41) is -0.246. The number of carbonyl (C=O) groups is 2. The number of carbonyl (C=O) groups excluding carboxylic acids is 2. The number of halogens is 1. The zero-order valence-corrected chi connectivity index (χ0v) is 12.1. The standard InChI is InChI=1S/C13H14N2O2S.CH4.ClH/c1-9-2-4-10(5-3-9)8-11-12(16)15(7-6-14)13(17)18-11;;/h2-5,8H,6-7,14H2,1H3;1H4;1H/b11-8-;;. The molecule has 0 saturated carbocycles. The summed E-state index contributed by atoms with van der Waals surface area (Å²) in [6, 6.07) is 7.78. The summed E-state index contributed by atoms with van der Waals surface area (Å²) >= 11 is 0.964. The van der Waals surface area contributed by atoms with Crippen LogP contribution in [0.1, 0.15) is 18.6 Å². The molecular formula is C14H19ClN2O2S. The molecule has 1 fully saturated rings. The fraction of sp³-hybridized carbons (Fsp3) is 0.286. The van der Waals surface area contributed by atoms with E-state index in [4.69, 9.17) is 5.73 Å². The zero-order valence-electron chi connectivity index (χ0n) is 10.5. The molecule has 4 nitrogen and oxygen atoms in total. The second-order valence-electron chi connectivity index (χ2n) is 4.03. The zero-order chi connectivity index (χ0) is 13.1. The highest BCUT2D eigenvalue weighted by Crippen LogP contribution is 2.31. The van der Waals surface area contributed by atoms with Gasteiger partial charge in [-0.25, -0.2) is 0 Å². The predicted octanol–water partition coefficient (Wildman–Crippen LogP) is 3.05. The van der Waals surface area contributed by atoms with Crippen molar-refractivity contribution in [2.45, 2.75) is 14.4 Å². The van der Waals surface area contributed by atoms with Gasteiger partial charge in [0.25, 0.3) is 11.1 Å². The minimum Gasteiger partial charge on any atom is -0.329 e. The van der Waals surface area contributed by atoms with Crippen molar-refractivity contribution in [1.82, 2.24) is 4.90 Å². The van der Waals surface area contributed by atoms with E-state index >= 15 is 0 Å². The van der Waals surface area contributed by atoms with Gasteiger partial charge in [0.15, 0.2) is 0 Å². The SMILES string of the molecule is C.Cc1ccc(/C=C2\SC(=O)N(CCN)C2=O)cc1.Cl. The molecule has 1 saturated heterocycles. The average Bonchev–Trinajstić information content (AvgIpc) is 2.60. The third kappa shape index (κ3) is 4.10. The van der Waals surface area contributed by atoms with E-state index in [0.29, 0.717) is 4.91 Å². The number of nitrogens with two attached hydrogens (primary N) is 1. The van der Waals surface area contributed by atoms with Crippen LogP contribution in [-0.4, -0.2) is 29.1 Å². The van der Waals surface area contributed by atoms with Crippen LogP contribution < -0.4 is 5.73 Å². The Morgan fingerprint density at radius 2 is 1.85 bits per heavy atom.